The molecule has 3 N–H and O–H groups in total. The average molecular weight is 538 g/mol. The van der Waals surface area contributed by atoms with Crippen LogP contribution in [0.4, 0.5) is 5.13 Å². The van der Waals surface area contributed by atoms with Crippen molar-refractivity contribution < 1.29 is 4.79 Å². The highest BCUT2D eigenvalue weighted by atomic mass is 127. The Morgan fingerprint density at radius 2 is 2.03 bits per heavy atom. The van der Waals surface area contributed by atoms with Crippen LogP contribution in [0.25, 0.3) is 0 Å². The zero-order valence-corrected chi connectivity index (χ0v) is 21.2. The zero-order valence-electron chi connectivity index (χ0n) is 18.0. The Balaban J connectivity index is 0.00000420. The summed E-state index contributed by atoms with van der Waals surface area (Å²) in [4.78, 5) is 25.4. The molecule has 1 saturated heterocycles. The first-order chi connectivity index (χ1) is 13.5. The molecular formula is C19H36IN7OS. The van der Waals surface area contributed by atoms with E-state index < -0.39 is 0 Å². The molecule has 0 bridgehead atoms. The number of halogens is 1. The molecule has 1 aliphatic rings. The first-order valence-electron chi connectivity index (χ1n) is 10.2. The number of aromatic nitrogens is 1. The molecule has 166 valence electrons. The van der Waals surface area contributed by atoms with E-state index in [0.717, 1.165) is 62.2 Å². The van der Waals surface area contributed by atoms with E-state index in [1.165, 1.54) is 0 Å². The zero-order chi connectivity index (χ0) is 20.4. The molecule has 2 heterocycles. The molecule has 0 spiro atoms. The third-order valence-electron chi connectivity index (χ3n) is 4.53. The molecule has 8 nitrogen and oxygen atoms in total. The molecular weight excluding hydrogens is 501 g/mol. The van der Waals surface area contributed by atoms with Gasteiger partial charge in [0, 0.05) is 51.7 Å². The lowest BCUT2D eigenvalue weighted by Gasteiger charge is -2.32. The number of nitrogens with zero attached hydrogens (tertiary/aromatic N) is 4. The van der Waals surface area contributed by atoms with E-state index in [1.54, 1.807) is 11.3 Å². The van der Waals surface area contributed by atoms with E-state index in [4.69, 9.17) is 4.99 Å². The number of amides is 1. The van der Waals surface area contributed by atoms with E-state index in [2.05, 4.69) is 45.1 Å². The predicted octanol–water partition coefficient (Wildman–Crippen LogP) is 1.87. The fraction of sp³-hybridized carbons (Fsp3) is 0.737. The summed E-state index contributed by atoms with van der Waals surface area (Å²) in [6, 6.07) is 0.375. The van der Waals surface area contributed by atoms with Gasteiger partial charge in [-0.1, -0.05) is 6.92 Å². The lowest BCUT2D eigenvalue weighted by Crippen LogP contribution is -2.50. The first kappa shape index (κ1) is 25.9. The van der Waals surface area contributed by atoms with Crippen LogP contribution in [-0.4, -0.2) is 74.6 Å². The van der Waals surface area contributed by atoms with Crippen molar-refractivity contribution in [2.24, 2.45) is 4.99 Å². The van der Waals surface area contributed by atoms with Gasteiger partial charge in [-0.3, -0.25) is 9.69 Å². The van der Waals surface area contributed by atoms with Gasteiger partial charge in [0.25, 0.3) is 0 Å². The number of thiazole rings is 1. The van der Waals surface area contributed by atoms with Crippen LogP contribution in [0.1, 0.15) is 38.8 Å². The molecule has 10 heteroatoms. The monoisotopic (exact) mass is 537 g/mol. The van der Waals surface area contributed by atoms with Gasteiger partial charge in [-0.2, -0.15) is 0 Å². The van der Waals surface area contributed by atoms with Crippen molar-refractivity contribution in [2.45, 2.75) is 45.7 Å². The maximum absolute atomic E-state index is 11.9. The summed E-state index contributed by atoms with van der Waals surface area (Å²) in [7, 11) is 3.99. The van der Waals surface area contributed by atoms with Crippen molar-refractivity contribution >= 4 is 52.3 Å². The van der Waals surface area contributed by atoms with Crippen molar-refractivity contribution in [1.82, 2.24) is 25.8 Å². The molecule has 0 radical (unpaired) electrons. The van der Waals surface area contributed by atoms with Gasteiger partial charge in [0.15, 0.2) is 11.1 Å². The van der Waals surface area contributed by atoms with E-state index in [-0.39, 0.29) is 29.9 Å². The van der Waals surface area contributed by atoms with Gasteiger partial charge in [-0.15, -0.1) is 35.3 Å². The van der Waals surface area contributed by atoms with Crippen molar-refractivity contribution in [3.8, 4) is 0 Å². The normalized spacial score (nSPS) is 15.5. The Morgan fingerprint density at radius 1 is 1.31 bits per heavy atom. The van der Waals surface area contributed by atoms with Crippen LogP contribution in [0, 0.1) is 0 Å². The molecule has 0 aromatic carbocycles. The molecule has 0 atom stereocenters. The average Bonchev–Trinajstić information content (AvgIpc) is 3.15. The number of rotatable bonds is 9. The van der Waals surface area contributed by atoms with E-state index in [0.29, 0.717) is 19.1 Å². The molecule has 0 aliphatic carbocycles. The lowest BCUT2D eigenvalue weighted by molar-refractivity contribution is -0.122. The summed E-state index contributed by atoms with van der Waals surface area (Å²) in [5, 5.41) is 12.9. The van der Waals surface area contributed by atoms with E-state index in [1.807, 2.05) is 19.0 Å². The topological polar surface area (TPSA) is 84.9 Å². The van der Waals surface area contributed by atoms with Crippen LogP contribution in [0.15, 0.2) is 10.4 Å². The van der Waals surface area contributed by atoms with Crippen LogP contribution in [0.5, 0.6) is 0 Å². The minimum atomic E-state index is 0. The standard InChI is InChI=1S/C19H35N7OS.HI/c1-5-9-21-17(27)13-26-10-7-15(8-11-26)23-18(20-6-2)22-12-16-14-28-19(24-16)25(3)4;/h14-15H,5-13H2,1-4H3,(H,21,27)(H2,20,22,23);1H. The van der Waals surface area contributed by atoms with Gasteiger partial charge in [0.05, 0.1) is 18.8 Å². The van der Waals surface area contributed by atoms with Crippen LogP contribution < -0.4 is 20.9 Å². The molecule has 1 aromatic rings. The summed E-state index contributed by atoms with van der Waals surface area (Å²) < 4.78 is 0. The van der Waals surface area contributed by atoms with E-state index >= 15 is 0 Å². The minimum absolute atomic E-state index is 0. The van der Waals surface area contributed by atoms with Gasteiger partial charge in [0.2, 0.25) is 5.91 Å². The molecule has 1 fully saturated rings. The second-order valence-corrected chi connectivity index (χ2v) is 8.09. The molecule has 2 rings (SSSR count). The maximum atomic E-state index is 11.9. The van der Waals surface area contributed by atoms with Crippen LogP contribution >= 0.6 is 35.3 Å². The highest BCUT2D eigenvalue weighted by Crippen LogP contribution is 2.18. The highest BCUT2D eigenvalue weighted by Gasteiger charge is 2.21. The largest absolute Gasteiger partial charge is 0.357 e. The Morgan fingerprint density at radius 3 is 2.62 bits per heavy atom. The number of carbonyl (C=O) groups is 1. The minimum Gasteiger partial charge on any atom is -0.357 e. The van der Waals surface area contributed by atoms with Crippen LogP contribution in [0.2, 0.25) is 0 Å². The Hall–Kier alpha value is -1.14. The summed E-state index contributed by atoms with van der Waals surface area (Å²) in [6.07, 6.45) is 2.99. The van der Waals surface area contributed by atoms with Gasteiger partial charge in [0.1, 0.15) is 0 Å². The Bertz CT molecular complexity index is 630. The molecule has 1 amide bonds. The van der Waals surface area contributed by atoms with Gasteiger partial charge in [-0.05, 0) is 26.2 Å². The van der Waals surface area contributed by atoms with Crippen molar-refractivity contribution in [2.75, 3.05) is 51.7 Å². The number of guanidine groups is 1. The number of hydrogen-bond acceptors (Lipinski definition) is 6. The smallest absolute Gasteiger partial charge is 0.234 e. The Labute approximate surface area is 195 Å². The lowest BCUT2D eigenvalue weighted by atomic mass is 10.1. The molecule has 1 aliphatic heterocycles. The van der Waals surface area contributed by atoms with Crippen LogP contribution in [-0.2, 0) is 11.3 Å². The third kappa shape index (κ3) is 9.47. The summed E-state index contributed by atoms with van der Waals surface area (Å²) in [5.74, 6) is 0.963. The van der Waals surface area contributed by atoms with Gasteiger partial charge >= 0.3 is 0 Å². The van der Waals surface area contributed by atoms with Gasteiger partial charge < -0.3 is 20.9 Å². The summed E-state index contributed by atoms with van der Waals surface area (Å²) in [6.45, 7) is 8.63. The number of nitrogens with one attached hydrogen (secondary N) is 3. The van der Waals surface area contributed by atoms with Gasteiger partial charge in [-0.25, -0.2) is 9.98 Å². The molecule has 1 aromatic heterocycles. The highest BCUT2D eigenvalue weighted by molar-refractivity contribution is 14.0. The maximum Gasteiger partial charge on any atom is 0.234 e. The fourth-order valence-electron chi connectivity index (χ4n) is 3.01. The number of likely N-dealkylation sites (tertiary alicyclic amines) is 1. The number of anilines is 1. The second-order valence-electron chi connectivity index (χ2n) is 7.26. The molecule has 0 unspecified atom stereocenters. The molecule has 29 heavy (non-hydrogen) atoms. The van der Waals surface area contributed by atoms with Crippen molar-refractivity contribution in [3.05, 3.63) is 11.1 Å². The van der Waals surface area contributed by atoms with E-state index in [9.17, 15) is 4.79 Å². The quantitative estimate of drug-likeness (QED) is 0.254. The summed E-state index contributed by atoms with van der Waals surface area (Å²) >= 11 is 1.63. The Kier molecular flexibility index (Phi) is 12.5. The number of hydrogen-bond donors (Lipinski definition) is 3. The summed E-state index contributed by atoms with van der Waals surface area (Å²) in [5.41, 5.74) is 0.985. The SMILES string of the molecule is CCCNC(=O)CN1CCC(NC(=NCc2csc(N(C)C)n2)NCC)CC1.I. The number of piperidine rings is 1. The van der Waals surface area contributed by atoms with Crippen molar-refractivity contribution in [3.63, 3.8) is 0 Å². The third-order valence-corrected chi connectivity index (χ3v) is 5.59. The molecule has 0 saturated carbocycles. The van der Waals surface area contributed by atoms with Crippen molar-refractivity contribution in [1.29, 1.82) is 0 Å². The predicted molar refractivity (Wildman–Crippen MR) is 133 cm³/mol. The van der Waals surface area contributed by atoms with Crippen LogP contribution in [0.3, 0.4) is 0 Å². The number of aliphatic imine (C=N–C) groups is 1. The second kappa shape index (κ2) is 14.0. The fourth-order valence-corrected chi connectivity index (χ4v) is 3.76. The first-order valence-corrected chi connectivity index (χ1v) is 11.0. The number of carbonyl (C=O) groups excluding carboxylic acids is 1.